The highest BCUT2D eigenvalue weighted by molar-refractivity contribution is 5.02. The fourth-order valence-electron chi connectivity index (χ4n) is 1.20. The maximum atomic E-state index is 5.27. The van der Waals surface area contributed by atoms with E-state index in [9.17, 15) is 0 Å². The van der Waals surface area contributed by atoms with Gasteiger partial charge in [0.25, 0.3) is 0 Å². The Balaban J connectivity index is 2.18. The predicted molar refractivity (Wildman–Crippen MR) is 54.6 cm³/mol. The van der Waals surface area contributed by atoms with Crippen molar-refractivity contribution in [1.82, 2.24) is 5.32 Å². The second kappa shape index (κ2) is 5.60. The van der Waals surface area contributed by atoms with Gasteiger partial charge in [0.1, 0.15) is 5.76 Å². The highest BCUT2D eigenvalue weighted by Crippen LogP contribution is 2.11. The van der Waals surface area contributed by atoms with Gasteiger partial charge in [-0.3, -0.25) is 0 Å². The zero-order chi connectivity index (χ0) is 9.52. The fourth-order valence-corrected chi connectivity index (χ4v) is 1.20. The number of hydrogen-bond donors (Lipinski definition) is 1. The lowest BCUT2D eigenvalue weighted by Crippen LogP contribution is -2.19. The number of rotatable bonds is 6. The molecule has 0 aromatic carbocycles. The lowest BCUT2D eigenvalue weighted by atomic mass is 10.2. The van der Waals surface area contributed by atoms with Crippen LogP contribution in [0.4, 0.5) is 0 Å². The normalized spacial score (nSPS) is 12.7. The van der Waals surface area contributed by atoms with Crippen molar-refractivity contribution in [2.45, 2.75) is 25.8 Å². The van der Waals surface area contributed by atoms with E-state index in [1.807, 2.05) is 18.2 Å². The molecule has 0 amide bonds. The second-order valence-electron chi connectivity index (χ2n) is 3.12. The largest absolute Gasteiger partial charge is 0.468 e. The Morgan fingerprint density at radius 2 is 2.54 bits per heavy atom. The van der Waals surface area contributed by atoms with Gasteiger partial charge in [0, 0.05) is 0 Å². The zero-order valence-corrected chi connectivity index (χ0v) is 8.12. The van der Waals surface area contributed by atoms with Gasteiger partial charge in [0.15, 0.2) is 0 Å². The fraction of sp³-hybridized carbons (Fsp3) is 0.455. The van der Waals surface area contributed by atoms with Crippen LogP contribution >= 0.6 is 0 Å². The van der Waals surface area contributed by atoms with E-state index in [0.29, 0.717) is 6.04 Å². The molecule has 0 saturated heterocycles. The van der Waals surface area contributed by atoms with Gasteiger partial charge in [-0.1, -0.05) is 6.08 Å². The molecular weight excluding hydrogens is 162 g/mol. The van der Waals surface area contributed by atoms with E-state index < -0.39 is 0 Å². The molecule has 2 heteroatoms. The molecule has 1 N–H and O–H groups in total. The molecule has 0 aliphatic rings. The summed E-state index contributed by atoms with van der Waals surface area (Å²) in [6, 6.07) is 4.21. The smallest absolute Gasteiger partial charge is 0.120 e. The van der Waals surface area contributed by atoms with E-state index in [1.165, 1.54) is 0 Å². The minimum Gasteiger partial charge on any atom is -0.468 e. The van der Waals surface area contributed by atoms with Crippen molar-refractivity contribution in [1.29, 1.82) is 0 Å². The van der Waals surface area contributed by atoms with Gasteiger partial charge >= 0.3 is 0 Å². The van der Waals surface area contributed by atoms with Gasteiger partial charge in [0.05, 0.1) is 12.3 Å². The van der Waals surface area contributed by atoms with Gasteiger partial charge in [-0.05, 0) is 38.4 Å². The van der Waals surface area contributed by atoms with Crippen LogP contribution in [-0.2, 0) is 0 Å². The van der Waals surface area contributed by atoms with Crippen molar-refractivity contribution in [3.63, 3.8) is 0 Å². The lowest BCUT2D eigenvalue weighted by Gasteiger charge is -2.09. The summed E-state index contributed by atoms with van der Waals surface area (Å²) in [6.07, 6.45) is 5.85. The number of unbranched alkanes of at least 4 members (excludes halogenated alkanes) is 1. The quantitative estimate of drug-likeness (QED) is 0.536. The Hall–Kier alpha value is -1.02. The molecule has 0 saturated carbocycles. The molecule has 0 aliphatic carbocycles. The Bertz CT molecular complexity index is 228. The SMILES string of the molecule is C=CCCCN[C@H](C)c1ccco1. The molecule has 0 bridgehead atoms. The summed E-state index contributed by atoms with van der Waals surface area (Å²) >= 11 is 0. The first kappa shape index (κ1) is 10.1. The van der Waals surface area contributed by atoms with Crippen LogP contribution in [-0.4, -0.2) is 6.54 Å². The van der Waals surface area contributed by atoms with Gasteiger partial charge in [-0.2, -0.15) is 0 Å². The zero-order valence-electron chi connectivity index (χ0n) is 8.12. The topological polar surface area (TPSA) is 25.2 Å². The first-order chi connectivity index (χ1) is 6.34. The van der Waals surface area contributed by atoms with E-state index in [0.717, 1.165) is 25.1 Å². The molecule has 72 valence electrons. The van der Waals surface area contributed by atoms with Crippen LogP contribution in [0.5, 0.6) is 0 Å². The van der Waals surface area contributed by atoms with E-state index >= 15 is 0 Å². The molecule has 0 spiro atoms. The summed E-state index contributed by atoms with van der Waals surface area (Å²) in [5.74, 6) is 0.999. The minimum absolute atomic E-state index is 0.305. The molecule has 1 aromatic heterocycles. The van der Waals surface area contributed by atoms with Crippen LogP contribution in [0, 0.1) is 0 Å². The molecule has 1 heterocycles. The van der Waals surface area contributed by atoms with Crippen LogP contribution in [0.2, 0.25) is 0 Å². The van der Waals surface area contributed by atoms with Gasteiger partial charge in [0.2, 0.25) is 0 Å². The summed E-state index contributed by atoms with van der Waals surface area (Å²) in [6.45, 7) is 6.79. The molecule has 0 aliphatic heterocycles. The van der Waals surface area contributed by atoms with Crippen LogP contribution in [0.1, 0.15) is 31.6 Å². The highest BCUT2D eigenvalue weighted by atomic mass is 16.3. The van der Waals surface area contributed by atoms with Crippen molar-refractivity contribution in [3.05, 3.63) is 36.8 Å². The molecular formula is C11H17NO. The van der Waals surface area contributed by atoms with Crippen LogP contribution < -0.4 is 5.32 Å². The maximum Gasteiger partial charge on any atom is 0.120 e. The van der Waals surface area contributed by atoms with Gasteiger partial charge < -0.3 is 9.73 Å². The lowest BCUT2D eigenvalue weighted by molar-refractivity contribution is 0.429. The molecule has 1 rings (SSSR count). The number of hydrogen-bond acceptors (Lipinski definition) is 2. The van der Waals surface area contributed by atoms with Crippen LogP contribution in [0.25, 0.3) is 0 Å². The molecule has 1 atom stereocenters. The summed E-state index contributed by atoms with van der Waals surface area (Å²) in [5.41, 5.74) is 0. The molecule has 2 nitrogen and oxygen atoms in total. The molecule has 1 aromatic rings. The Labute approximate surface area is 79.6 Å². The third-order valence-corrected chi connectivity index (χ3v) is 2.01. The summed E-state index contributed by atoms with van der Waals surface area (Å²) in [5, 5.41) is 3.38. The van der Waals surface area contributed by atoms with Gasteiger partial charge in [-0.25, -0.2) is 0 Å². The molecule has 0 radical (unpaired) electrons. The summed E-state index contributed by atoms with van der Waals surface area (Å²) in [4.78, 5) is 0. The molecule has 0 fully saturated rings. The van der Waals surface area contributed by atoms with Crippen molar-refractivity contribution in [2.75, 3.05) is 6.54 Å². The summed E-state index contributed by atoms with van der Waals surface area (Å²) in [7, 11) is 0. The minimum atomic E-state index is 0.305. The number of nitrogens with one attached hydrogen (secondary N) is 1. The number of furan rings is 1. The number of allylic oxidation sites excluding steroid dienone is 1. The van der Waals surface area contributed by atoms with E-state index in [-0.39, 0.29) is 0 Å². The first-order valence-electron chi connectivity index (χ1n) is 4.72. The molecule has 0 unspecified atom stereocenters. The predicted octanol–water partition coefficient (Wildman–Crippen LogP) is 2.90. The standard InChI is InChI=1S/C11H17NO/c1-3-4-5-8-12-10(2)11-7-6-9-13-11/h3,6-7,9-10,12H,1,4-5,8H2,2H3/t10-/m1/s1. The van der Waals surface area contributed by atoms with Crippen LogP contribution in [0.3, 0.4) is 0 Å². The van der Waals surface area contributed by atoms with Crippen molar-refractivity contribution in [2.24, 2.45) is 0 Å². The first-order valence-corrected chi connectivity index (χ1v) is 4.72. The monoisotopic (exact) mass is 179 g/mol. The maximum absolute atomic E-state index is 5.27. The van der Waals surface area contributed by atoms with Crippen molar-refractivity contribution < 1.29 is 4.42 Å². The van der Waals surface area contributed by atoms with Crippen molar-refractivity contribution in [3.8, 4) is 0 Å². The second-order valence-corrected chi connectivity index (χ2v) is 3.12. The average molecular weight is 179 g/mol. The van der Waals surface area contributed by atoms with E-state index in [4.69, 9.17) is 4.42 Å². The third-order valence-electron chi connectivity index (χ3n) is 2.01. The van der Waals surface area contributed by atoms with Crippen molar-refractivity contribution >= 4 is 0 Å². The van der Waals surface area contributed by atoms with E-state index in [2.05, 4.69) is 18.8 Å². The van der Waals surface area contributed by atoms with Gasteiger partial charge in [-0.15, -0.1) is 6.58 Å². The Kier molecular flexibility index (Phi) is 4.33. The summed E-state index contributed by atoms with van der Waals surface area (Å²) < 4.78 is 5.27. The average Bonchev–Trinajstić information content (AvgIpc) is 2.65. The van der Waals surface area contributed by atoms with E-state index in [1.54, 1.807) is 6.26 Å². The Morgan fingerprint density at radius 1 is 1.69 bits per heavy atom. The highest BCUT2D eigenvalue weighted by Gasteiger charge is 2.05. The molecule has 13 heavy (non-hydrogen) atoms. The third kappa shape index (κ3) is 3.47. The van der Waals surface area contributed by atoms with Crippen LogP contribution in [0.15, 0.2) is 35.5 Å². The Morgan fingerprint density at radius 3 is 3.15 bits per heavy atom.